The van der Waals surface area contributed by atoms with E-state index in [1.807, 2.05) is 41.1 Å². The van der Waals surface area contributed by atoms with Crippen molar-refractivity contribution in [2.75, 3.05) is 11.9 Å². The number of fused-ring (bicyclic) bond motifs is 1. The van der Waals surface area contributed by atoms with Crippen molar-refractivity contribution in [2.24, 2.45) is 0 Å². The van der Waals surface area contributed by atoms with Crippen molar-refractivity contribution in [3.8, 4) is 16.9 Å². The maximum absolute atomic E-state index is 6.21. The minimum Gasteiger partial charge on any atom is -0.370 e. The SMILES string of the molecule is Clc1ccc(-c2nn(-c3ccc(Cl)c(Cl)c3)c3c2CCCCN3)cc1. The Kier molecular flexibility index (Phi) is 4.63. The summed E-state index contributed by atoms with van der Waals surface area (Å²) in [6.45, 7) is 0.931. The van der Waals surface area contributed by atoms with Gasteiger partial charge in [0.05, 0.1) is 21.4 Å². The lowest BCUT2D eigenvalue weighted by Gasteiger charge is -2.10. The van der Waals surface area contributed by atoms with E-state index in [1.54, 1.807) is 6.07 Å². The predicted octanol–water partition coefficient (Wildman–Crippen LogP) is 6.25. The van der Waals surface area contributed by atoms with Crippen molar-refractivity contribution in [3.63, 3.8) is 0 Å². The van der Waals surface area contributed by atoms with Gasteiger partial charge in [-0.2, -0.15) is 5.10 Å². The largest absolute Gasteiger partial charge is 0.370 e. The third-order valence-corrected chi connectivity index (χ3v) is 5.39. The predicted molar refractivity (Wildman–Crippen MR) is 105 cm³/mol. The number of benzene rings is 2. The first-order valence-corrected chi connectivity index (χ1v) is 9.34. The third kappa shape index (κ3) is 3.24. The van der Waals surface area contributed by atoms with Crippen LogP contribution in [0.5, 0.6) is 0 Å². The van der Waals surface area contributed by atoms with Gasteiger partial charge in [0.1, 0.15) is 5.82 Å². The van der Waals surface area contributed by atoms with Gasteiger partial charge in [0.25, 0.3) is 0 Å². The zero-order valence-electron chi connectivity index (χ0n) is 13.4. The summed E-state index contributed by atoms with van der Waals surface area (Å²) in [5, 5.41) is 10.2. The first-order valence-electron chi connectivity index (χ1n) is 8.20. The van der Waals surface area contributed by atoms with E-state index in [0.717, 1.165) is 53.6 Å². The van der Waals surface area contributed by atoms with Crippen LogP contribution in [0.4, 0.5) is 5.82 Å². The van der Waals surface area contributed by atoms with Gasteiger partial charge in [0.15, 0.2) is 0 Å². The van der Waals surface area contributed by atoms with Crippen LogP contribution in [0.1, 0.15) is 18.4 Å². The molecule has 1 aromatic heterocycles. The molecule has 2 heterocycles. The Morgan fingerprint density at radius 2 is 1.72 bits per heavy atom. The molecule has 0 radical (unpaired) electrons. The molecular formula is C19H16Cl3N3. The summed E-state index contributed by atoms with van der Waals surface area (Å²) in [5.41, 5.74) is 4.15. The van der Waals surface area contributed by atoms with Gasteiger partial charge in [0, 0.05) is 22.7 Å². The zero-order chi connectivity index (χ0) is 17.4. The molecule has 1 aliphatic rings. The van der Waals surface area contributed by atoms with Crippen LogP contribution >= 0.6 is 34.8 Å². The standard InChI is InChI=1S/C19H16Cl3N3/c20-13-6-4-12(5-7-13)18-15-3-1-2-10-23-19(15)25(24-18)14-8-9-16(21)17(22)11-14/h4-9,11,23H,1-3,10H2. The Bertz CT molecular complexity index is 916. The van der Waals surface area contributed by atoms with Crippen molar-refractivity contribution >= 4 is 40.6 Å². The Morgan fingerprint density at radius 3 is 2.48 bits per heavy atom. The molecule has 0 unspecified atom stereocenters. The molecule has 1 N–H and O–H groups in total. The number of halogens is 3. The third-order valence-electron chi connectivity index (χ3n) is 4.39. The smallest absolute Gasteiger partial charge is 0.133 e. The summed E-state index contributed by atoms with van der Waals surface area (Å²) < 4.78 is 1.92. The van der Waals surface area contributed by atoms with Gasteiger partial charge < -0.3 is 5.32 Å². The van der Waals surface area contributed by atoms with Gasteiger partial charge in [0.2, 0.25) is 0 Å². The molecule has 0 atom stereocenters. The molecule has 128 valence electrons. The van der Waals surface area contributed by atoms with Gasteiger partial charge in [-0.1, -0.05) is 46.9 Å². The van der Waals surface area contributed by atoms with E-state index in [1.165, 1.54) is 5.56 Å². The van der Waals surface area contributed by atoms with Crippen molar-refractivity contribution in [2.45, 2.75) is 19.3 Å². The number of aromatic nitrogens is 2. The quantitative estimate of drug-likeness (QED) is 0.559. The molecule has 0 fully saturated rings. The van der Waals surface area contributed by atoms with E-state index in [2.05, 4.69) is 5.32 Å². The topological polar surface area (TPSA) is 29.9 Å². The second kappa shape index (κ2) is 6.91. The van der Waals surface area contributed by atoms with Crippen molar-refractivity contribution in [1.82, 2.24) is 9.78 Å². The van der Waals surface area contributed by atoms with E-state index in [0.29, 0.717) is 10.0 Å². The summed E-state index contributed by atoms with van der Waals surface area (Å²) in [6.07, 6.45) is 3.26. The van der Waals surface area contributed by atoms with Crippen LogP contribution in [0.3, 0.4) is 0 Å². The highest BCUT2D eigenvalue weighted by Gasteiger charge is 2.22. The lowest BCUT2D eigenvalue weighted by atomic mass is 10.0. The van der Waals surface area contributed by atoms with Gasteiger partial charge in [-0.3, -0.25) is 0 Å². The Labute approximate surface area is 161 Å². The molecule has 1 aliphatic heterocycles. The normalized spacial score (nSPS) is 13.9. The molecule has 3 aromatic rings. The van der Waals surface area contributed by atoms with Crippen molar-refractivity contribution in [1.29, 1.82) is 0 Å². The molecule has 0 amide bonds. The number of nitrogens with zero attached hydrogens (tertiary/aromatic N) is 2. The molecule has 0 bridgehead atoms. The molecule has 0 saturated heterocycles. The molecular weight excluding hydrogens is 377 g/mol. The van der Waals surface area contributed by atoms with Crippen LogP contribution in [0.2, 0.25) is 15.1 Å². The fourth-order valence-corrected chi connectivity index (χ4v) is 3.56. The lowest BCUT2D eigenvalue weighted by Crippen LogP contribution is -2.07. The molecule has 0 aliphatic carbocycles. The second-order valence-corrected chi connectivity index (χ2v) is 7.33. The molecule has 25 heavy (non-hydrogen) atoms. The summed E-state index contributed by atoms with van der Waals surface area (Å²) in [7, 11) is 0. The first kappa shape index (κ1) is 16.8. The summed E-state index contributed by atoms with van der Waals surface area (Å²) in [4.78, 5) is 0. The highest BCUT2D eigenvalue weighted by molar-refractivity contribution is 6.42. The summed E-state index contributed by atoms with van der Waals surface area (Å²) in [6, 6.07) is 13.4. The van der Waals surface area contributed by atoms with Gasteiger partial charge in [-0.15, -0.1) is 0 Å². The monoisotopic (exact) mass is 391 g/mol. The number of hydrogen-bond donors (Lipinski definition) is 1. The van der Waals surface area contributed by atoms with E-state index < -0.39 is 0 Å². The maximum atomic E-state index is 6.21. The number of anilines is 1. The Hall–Kier alpha value is -1.68. The fraction of sp³-hybridized carbons (Fsp3) is 0.211. The number of rotatable bonds is 2. The van der Waals surface area contributed by atoms with E-state index >= 15 is 0 Å². The highest BCUT2D eigenvalue weighted by Crippen LogP contribution is 2.35. The van der Waals surface area contributed by atoms with E-state index in [-0.39, 0.29) is 0 Å². The number of nitrogens with one attached hydrogen (secondary N) is 1. The average molecular weight is 393 g/mol. The lowest BCUT2D eigenvalue weighted by molar-refractivity contribution is 0.780. The van der Waals surface area contributed by atoms with Crippen LogP contribution in [-0.2, 0) is 6.42 Å². The molecule has 0 saturated carbocycles. The Morgan fingerprint density at radius 1 is 0.920 bits per heavy atom. The first-order chi connectivity index (χ1) is 12.1. The molecule has 2 aromatic carbocycles. The van der Waals surface area contributed by atoms with Gasteiger partial charge in [-0.05, 0) is 49.6 Å². The highest BCUT2D eigenvalue weighted by atomic mass is 35.5. The summed E-state index contributed by atoms with van der Waals surface area (Å²) >= 11 is 18.3. The van der Waals surface area contributed by atoms with Crippen LogP contribution in [0, 0.1) is 0 Å². The Balaban J connectivity index is 1.89. The molecule has 4 rings (SSSR count). The van der Waals surface area contributed by atoms with Gasteiger partial charge in [-0.25, -0.2) is 4.68 Å². The van der Waals surface area contributed by atoms with Gasteiger partial charge >= 0.3 is 0 Å². The van der Waals surface area contributed by atoms with Crippen molar-refractivity contribution in [3.05, 3.63) is 63.1 Å². The molecule has 6 heteroatoms. The number of hydrogen-bond acceptors (Lipinski definition) is 2. The average Bonchev–Trinajstić information content (AvgIpc) is 2.80. The minimum atomic E-state index is 0.519. The van der Waals surface area contributed by atoms with Crippen LogP contribution in [-0.4, -0.2) is 16.3 Å². The summed E-state index contributed by atoms with van der Waals surface area (Å²) in [5.74, 6) is 1.03. The maximum Gasteiger partial charge on any atom is 0.133 e. The van der Waals surface area contributed by atoms with Crippen LogP contribution in [0.25, 0.3) is 16.9 Å². The minimum absolute atomic E-state index is 0.519. The van der Waals surface area contributed by atoms with E-state index in [9.17, 15) is 0 Å². The molecule has 0 spiro atoms. The van der Waals surface area contributed by atoms with Crippen LogP contribution in [0.15, 0.2) is 42.5 Å². The fourth-order valence-electron chi connectivity index (χ4n) is 3.15. The van der Waals surface area contributed by atoms with Crippen LogP contribution < -0.4 is 5.32 Å². The second-order valence-electron chi connectivity index (χ2n) is 6.08. The molecule has 3 nitrogen and oxygen atoms in total. The zero-order valence-corrected chi connectivity index (χ0v) is 15.7. The van der Waals surface area contributed by atoms with E-state index in [4.69, 9.17) is 39.9 Å². The van der Waals surface area contributed by atoms with Crippen molar-refractivity contribution < 1.29 is 0 Å².